The van der Waals surface area contributed by atoms with Crippen molar-refractivity contribution in [2.24, 2.45) is 11.8 Å². The van der Waals surface area contributed by atoms with Gasteiger partial charge in [0.15, 0.2) is 5.69 Å². The highest BCUT2D eigenvalue weighted by atomic mass is 16.5. The number of hydrogen-bond donors (Lipinski definition) is 2. The molecule has 0 bridgehead atoms. The van der Waals surface area contributed by atoms with Gasteiger partial charge in [-0.1, -0.05) is 13.8 Å². The van der Waals surface area contributed by atoms with E-state index < -0.39 is 0 Å². The fraction of sp³-hybridized carbons (Fsp3) is 0.750. The van der Waals surface area contributed by atoms with Crippen LogP contribution in [0.2, 0.25) is 0 Å². The maximum atomic E-state index is 14.1. The Morgan fingerprint density at radius 1 is 1.22 bits per heavy atom. The van der Waals surface area contributed by atoms with Crippen molar-refractivity contribution in [2.75, 3.05) is 58.4 Å². The van der Waals surface area contributed by atoms with Crippen LogP contribution in [0.25, 0.3) is 0 Å². The van der Waals surface area contributed by atoms with Crippen molar-refractivity contribution in [1.29, 1.82) is 0 Å². The summed E-state index contributed by atoms with van der Waals surface area (Å²) in [5, 5.41) is 7.07. The standard InChI is InChI=1S/C28H43N5O4/c1-18(2)17-33(23-10-21(14-29-16-23)27(34)32-6-8-37-9-7-32)28(35)26-25(31-22-12-24(13-22)36-3)11-20(15-30-26)19-4-5-19/h11,15,18-19,21-24,29,31H,4-10,12-14,16-17H2,1-3H3/t21-,22?,23+,24?/m1/s1. The predicted molar refractivity (Wildman–Crippen MR) is 142 cm³/mol. The second kappa shape index (κ2) is 11.7. The van der Waals surface area contributed by atoms with Gasteiger partial charge in [-0.2, -0.15) is 0 Å². The Balaban J connectivity index is 1.35. The fourth-order valence-electron chi connectivity index (χ4n) is 5.81. The molecule has 4 aliphatic rings. The lowest BCUT2D eigenvalue weighted by atomic mass is 9.89. The number of ether oxygens (including phenoxy) is 2. The van der Waals surface area contributed by atoms with Gasteiger partial charge in [0.2, 0.25) is 5.91 Å². The molecule has 37 heavy (non-hydrogen) atoms. The molecule has 2 atom stereocenters. The second-order valence-electron chi connectivity index (χ2n) is 11.6. The first-order valence-corrected chi connectivity index (χ1v) is 14.1. The highest BCUT2D eigenvalue weighted by Gasteiger charge is 2.37. The maximum absolute atomic E-state index is 14.1. The molecule has 0 spiro atoms. The number of rotatable bonds is 9. The largest absolute Gasteiger partial charge is 0.381 e. The van der Waals surface area contributed by atoms with Crippen LogP contribution in [0.3, 0.4) is 0 Å². The molecule has 3 heterocycles. The minimum atomic E-state index is -0.136. The number of pyridine rings is 1. The van der Waals surface area contributed by atoms with Crippen LogP contribution in [0.15, 0.2) is 12.3 Å². The molecule has 1 aromatic rings. The summed E-state index contributed by atoms with van der Waals surface area (Å²) in [7, 11) is 1.75. The summed E-state index contributed by atoms with van der Waals surface area (Å²) in [4.78, 5) is 36.0. The van der Waals surface area contributed by atoms with Crippen LogP contribution in [-0.4, -0.2) is 97.8 Å². The predicted octanol–water partition coefficient (Wildman–Crippen LogP) is 2.48. The van der Waals surface area contributed by atoms with E-state index in [1.54, 1.807) is 7.11 Å². The van der Waals surface area contributed by atoms with Crippen molar-refractivity contribution in [3.63, 3.8) is 0 Å². The quantitative estimate of drug-likeness (QED) is 0.524. The van der Waals surface area contributed by atoms with Crippen molar-refractivity contribution in [3.05, 3.63) is 23.5 Å². The maximum Gasteiger partial charge on any atom is 0.274 e. The van der Waals surface area contributed by atoms with Crippen molar-refractivity contribution in [3.8, 4) is 0 Å². The third kappa shape index (κ3) is 6.26. The number of anilines is 1. The van der Waals surface area contributed by atoms with Gasteiger partial charge in [0.1, 0.15) is 0 Å². The van der Waals surface area contributed by atoms with Gasteiger partial charge < -0.3 is 29.9 Å². The van der Waals surface area contributed by atoms with Crippen molar-refractivity contribution in [2.45, 2.75) is 70.1 Å². The van der Waals surface area contributed by atoms with Crippen LogP contribution in [0.5, 0.6) is 0 Å². The lowest BCUT2D eigenvalue weighted by Gasteiger charge is -2.40. The number of morpholine rings is 1. The summed E-state index contributed by atoms with van der Waals surface area (Å²) >= 11 is 0. The Morgan fingerprint density at radius 3 is 2.65 bits per heavy atom. The van der Waals surface area contributed by atoms with E-state index in [0.717, 1.165) is 18.5 Å². The lowest BCUT2D eigenvalue weighted by Crippen LogP contribution is -2.56. The Bertz CT molecular complexity index is 956. The summed E-state index contributed by atoms with van der Waals surface area (Å²) < 4.78 is 10.9. The van der Waals surface area contributed by atoms with E-state index in [-0.39, 0.29) is 35.9 Å². The van der Waals surface area contributed by atoms with Gasteiger partial charge in [0.25, 0.3) is 5.91 Å². The Hall–Kier alpha value is -2.23. The molecule has 2 saturated carbocycles. The fourth-order valence-corrected chi connectivity index (χ4v) is 5.81. The molecule has 5 rings (SSSR count). The van der Waals surface area contributed by atoms with Gasteiger partial charge in [0, 0.05) is 58.1 Å². The van der Waals surface area contributed by atoms with Crippen LogP contribution in [0.1, 0.15) is 67.9 Å². The molecule has 4 fully saturated rings. The number of aromatic nitrogens is 1. The van der Waals surface area contributed by atoms with Crippen molar-refractivity contribution < 1.29 is 19.1 Å². The Kier molecular flexibility index (Phi) is 8.31. The van der Waals surface area contributed by atoms with Gasteiger partial charge >= 0.3 is 0 Å². The molecule has 2 N–H and O–H groups in total. The molecule has 1 aromatic heterocycles. The van der Waals surface area contributed by atoms with Crippen LogP contribution in [0.4, 0.5) is 5.69 Å². The molecule has 0 radical (unpaired) electrons. The van der Waals surface area contributed by atoms with E-state index in [2.05, 4.69) is 30.5 Å². The Morgan fingerprint density at radius 2 is 1.97 bits per heavy atom. The van der Waals surface area contributed by atoms with Gasteiger partial charge in [-0.25, -0.2) is 4.98 Å². The third-order valence-electron chi connectivity index (χ3n) is 8.21. The number of piperidine rings is 1. The van der Waals surface area contributed by atoms with Crippen LogP contribution < -0.4 is 10.6 Å². The Labute approximate surface area is 220 Å². The number of methoxy groups -OCH3 is 1. The summed E-state index contributed by atoms with van der Waals surface area (Å²) in [5.41, 5.74) is 2.55. The first-order valence-electron chi connectivity index (χ1n) is 14.1. The highest BCUT2D eigenvalue weighted by molar-refractivity contribution is 5.98. The van der Waals surface area contributed by atoms with E-state index in [0.29, 0.717) is 69.9 Å². The molecule has 0 unspecified atom stereocenters. The van der Waals surface area contributed by atoms with E-state index >= 15 is 0 Å². The zero-order chi connectivity index (χ0) is 25.9. The van der Waals surface area contributed by atoms with Gasteiger partial charge in [-0.15, -0.1) is 0 Å². The first-order chi connectivity index (χ1) is 17.9. The number of carbonyl (C=O) groups excluding carboxylic acids is 2. The summed E-state index contributed by atoms with van der Waals surface area (Å²) in [6.45, 7) is 8.72. The topological polar surface area (TPSA) is 96.0 Å². The molecule has 204 valence electrons. The number of nitrogens with zero attached hydrogens (tertiary/aromatic N) is 3. The average molecular weight is 514 g/mol. The lowest BCUT2D eigenvalue weighted by molar-refractivity contribution is -0.140. The molecule has 9 heteroatoms. The summed E-state index contributed by atoms with van der Waals surface area (Å²) in [5.74, 6) is 0.849. The van der Waals surface area contributed by atoms with E-state index in [1.165, 1.54) is 18.4 Å². The number of amides is 2. The summed E-state index contributed by atoms with van der Waals surface area (Å²) in [6.07, 6.45) is 7.10. The SMILES string of the molecule is COC1CC(Nc2cc(C3CC3)cnc2C(=O)N(CC(C)C)[C@@H]2CNC[C@H](C(=O)N3CCOCC3)C2)C1. The minimum Gasteiger partial charge on any atom is -0.381 e. The van der Waals surface area contributed by atoms with Crippen LogP contribution in [-0.2, 0) is 14.3 Å². The van der Waals surface area contributed by atoms with E-state index in [9.17, 15) is 9.59 Å². The second-order valence-corrected chi connectivity index (χ2v) is 11.6. The van der Waals surface area contributed by atoms with Crippen molar-refractivity contribution >= 4 is 17.5 Å². The van der Waals surface area contributed by atoms with Crippen LogP contribution in [0, 0.1) is 11.8 Å². The first kappa shape index (κ1) is 26.4. The van der Waals surface area contributed by atoms with Crippen LogP contribution >= 0.6 is 0 Å². The van der Waals surface area contributed by atoms with Gasteiger partial charge in [-0.05, 0) is 55.6 Å². The molecule has 0 aromatic carbocycles. The van der Waals surface area contributed by atoms with Gasteiger partial charge in [-0.3, -0.25) is 9.59 Å². The zero-order valence-corrected chi connectivity index (χ0v) is 22.6. The van der Waals surface area contributed by atoms with Crippen molar-refractivity contribution in [1.82, 2.24) is 20.1 Å². The third-order valence-corrected chi connectivity index (χ3v) is 8.21. The van der Waals surface area contributed by atoms with E-state index in [4.69, 9.17) is 14.5 Å². The average Bonchev–Trinajstić information content (AvgIpc) is 3.74. The smallest absolute Gasteiger partial charge is 0.274 e. The number of carbonyl (C=O) groups is 2. The molecular formula is C28H43N5O4. The van der Waals surface area contributed by atoms with Gasteiger partial charge in [0.05, 0.1) is 30.9 Å². The molecule has 9 nitrogen and oxygen atoms in total. The minimum absolute atomic E-state index is 0.0487. The molecule has 2 aliphatic carbocycles. The van der Waals surface area contributed by atoms with E-state index in [1.807, 2.05) is 16.0 Å². The molecular weight excluding hydrogens is 470 g/mol. The number of hydrogen-bond acceptors (Lipinski definition) is 7. The normalized spacial score (nSPS) is 28.1. The number of nitrogens with one attached hydrogen (secondary N) is 2. The zero-order valence-electron chi connectivity index (χ0n) is 22.6. The molecule has 2 saturated heterocycles. The summed E-state index contributed by atoms with van der Waals surface area (Å²) in [6, 6.07) is 2.38. The molecule has 2 amide bonds. The molecule has 2 aliphatic heterocycles. The monoisotopic (exact) mass is 513 g/mol. The highest BCUT2D eigenvalue weighted by Crippen LogP contribution is 2.41.